The van der Waals surface area contributed by atoms with Crippen LogP contribution in [0.4, 0.5) is 0 Å². The standard InChI is InChI=1S/C26H18NO.C11H8N.Ir/c1-26(2)20-11-4-3-8-18(20)23-21(26)14-13-17-16-9-7-10-19(24(16)28-25(17)23)22-12-5-6-15-27-22;1-2-6-10(7-3-1)11-8-4-5-9-12-11;/h3-9,11-15H,1-2H3;1-6,8-9H;/q2*-1;. The Bertz CT molecular complexity index is 1930. The summed E-state index contributed by atoms with van der Waals surface area (Å²) >= 11 is 0. The van der Waals surface area contributed by atoms with Crippen molar-refractivity contribution in [3.8, 4) is 33.6 Å². The van der Waals surface area contributed by atoms with Gasteiger partial charge in [0.2, 0.25) is 0 Å². The van der Waals surface area contributed by atoms with Gasteiger partial charge in [-0.05, 0) is 40.2 Å². The van der Waals surface area contributed by atoms with Gasteiger partial charge in [0, 0.05) is 48.9 Å². The third kappa shape index (κ3) is 4.60. The predicted octanol–water partition coefficient (Wildman–Crippen LogP) is 9.30. The summed E-state index contributed by atoms with van der Waals surface area (Å²) in [5, 5.41) is 2.26. The maximum Gasteiger partial charge on any atom is 0.129 e. The van der Waals surface area contributed by atoms with Crippen LogP contribution in [0, 0.1) is 12.1 Å². The van der Waals surface area contributed by atoms with E-state index in [0.717, 1.165) is 44.5 Å². The molecule has 4 aromatic carbocycles. The monoisotopic (exact) mass is 707 g/mol. The Morgan fingerprint density at radius 1 is 0.610 bits per heavy atom. The van der Waals surface area contributed by atoms with Crippen LogP contribution in [0.2, 0.25) is 0 Å². The van der Waals surface area contributed by atoms with E-state index in [1.807, 2.05) is 66.7 Å². The molecule has 8 rings (SSSR count). The van der Waals surface area contributed by atoms with Crippen molar-refractivity contribution in [3.05, 3.63) is 145 Å². The second-order valence-corrected chi connectivity index (χ2v) is 10.4. The second kappa shape index (κ2) is 10.9. The summed E-state index contributed by atoms with van der Waals surface area (Å²) in [6, 6.07) is 43.3. The van der Waals surface area contributed by atoms with Gasteiger partial charge in [-0.3, -0.25) is 0 Å². The molecule has 1 aliphatic rings. The predicted molar refractivity (Wildman–Crippen MR) is 162 cm³/mol. The Kier molecular flexibility index (Phi) is 7.13. The third-order valence-corrected chi connectivity index (χ3v) is 7.72. The normalized spacial score (nSPS) is 12.6. The molecule has 7 aromatic rings. The van der Waals surface area contributed by atoms with E-state index in [1.54, 1.807) is 12.4 Å². The average Bonchev–Trinajstić information content (AvgIpc) is 3.51. The molecule has 0 bridgehead atoms. The molecule has 201 valence electrons. The van der Waals surface area contributed by atoms with Crippen LogP contribution >= 0.6 is 0 Å². The fourth-order valence-corrected chi connectivity index (χ4v) is 5.76. The smallest absolute Gasteiger partial charge is 0.129 e. The van der Waals surface area contributed by atoms with Gasteiger partial charge in [-0.1, -0.05) is 85.5 Å². The largest absolute Gasteiger partial charge is 0.500 e. The fourth-order valence-electron chi connectivity index (χ4n) is 5.76. The van der Waals surface area contributed by atoms with Crippen LogP contribution in [-0.4, -0.2) is 9.97 Å². The number of nitrogens with zero attached hydrogens (tertiary/aromatic N) is 2. The molecule has 0 amide bonds. The van der Waals surface area contributed by atoms with E-state index in [9.17, 15) is 0 Å². The number of pyridine rings is 2. The molecular weight excluding hydrogens is 681 g/mol. The zero-order valence-corrected chi connectivity index (χ0v) is 25.1. The summed E-state index contributed by atoms with van der Waals surface area (Å²) in [5.74, 6) is 0. The molecule has 0 saturated heterocycles. The van der Waals surface area contributed by atoms with E-state index in [0.29, 0.717) is 0 Å². The summed E-state index contributed by atoms with van der Waals surface area (Å²) in [7, 11) is 0. The maximum atomic E-state index is 6.56. The molecule has 0 spiro atoms. The fraction of sp³-hybridized carbons (Fsp3) is 0.0811. The number of hydrogen-bond acceptors (Lipinski definition) is 3. The number of fused-ring (bicyclic) bond motifs is 7. The minimum absolute atomic E-state index is 0. The molecule has 0 unspecified atom stereocenters. The van der Waals surface area contributed by atoms with Crippen molar-refractivity contribution in [1.82, 2.24) is 9.97 Å². The minimum Gasteiger partial charge on any atom is -0.500 e. The molecule has 3 nitrogen and oxygen atoms in total. The first kappa shape index (κ1) is 26.8. The number of aromatic nitrogens is 2. The van der Waals surface area contributed by atoms with Crippen LogP contribution in [0.25, 0.3) is 55.6 Å². The van der Waals surface area contributed by atoms with Gasteiger partial charge < -0.3 is 14.4 Å². The quantitative estimate of drug-likeness (QED) is 0.168. The van der Waals surface area contributed by atoms with Crippen LogP contribution in [0.15, 0.2) is 126 Å². The molecule has 1 aliphatic carbocycles. The van der Waals surface area contributed by atoms with Gasteiger partial charge in [0.05, 0.1) is 5.58 Å². The van der Waals surface area contributed by atoms with Crippen molar-refractivity contribution in [2.24, 2.45) is 0 Å². The Morgan fingerprint density at radius 3 is 2.05 bits per heavy atom. The Hall–Kier alpha value is -4.37. The summed E-state index contributed by atoms with van der Waals surface area (Å²) in [4.78, 5) is 8.73. The number of benzene rings is 4. The molecule has 3 heterocycles. The Morgan fingerprint density at radius 2 is 1.32 bits per heavy atom. The molecule has 4 heteroatoms. The summed E-state index contributed by atoms with van der Waals surface area (Å²) in [5.41, 5.74) is 10.8. The van der Waals surface area contributed by atoms with Gasteiger partial charge in [0.15, 0.2) is 0 Å². The second-order valence-electron chi connectivity index (χ2n) is 10.4. The summed E-state index contributed by atoms with van der Waals surface area (Å²) in [6.45, 7) is 4.58. The Balaban J connectivity index is 0.000000196. The van der Waals surface area contributed by atoms with E-state index >= 15 is 0 Å². The molecule has 0 saturated carbocycles. The molecule has 0 fully saturated rings. The van der Waals surface area contributed by atoms with E-state index < -0.39 is 0 Å². The van der Waals surface area contributed by atoms with Gasteiger partial charge in [0.25, 0.3) is 0 Å². The van der Waals surface area contributed by atoms with Gasteiger partial charge in [-0.2, -0.15) is 0 Å². The van der Waals surface area contributed by atoms with E-state index in [4.69, 9.17) is 4.42 Å². The molecule has 41 heavy (non-hydrogen) atoms. The maximum absolute atomic E-state index is 6.56. The molecule has 0 aliphatic heterocycles. The molecule has 0 N–H and O–H groups in total. The van der Waals surface area contributed by atoms with E-state index in [-0.39, 0.29) is 25.5 Å². The van der Waals surface area contributed by atoms with Crippen molar-refractivity contribution in [1.29, 1.82) is 0 Å². The number of rotatable bonds is 2. The molecular formula is C37H26IrN2O-2. The topological polar surface area (TPSA) is 38.9 Å². The van der Waals surface area contributed by atoms with Gasteiger partial charge in [-0.25, -0.2) is 0 Å². The van der Waals surface area contributed by atoms with Crippen LogP contribution in [0.1, 0.15) is 25.0 Å². The minimum atomic E-state index is -0.0327. The first-order valence-electron chi connectivity index (χ1n) is 13.4. The van der Waals surface area contributed by atoms with Crippen molar-refractivity contribution in [3.63, 3.8) is 0 Å². The summed E-state index contributed by atoms with van der Waals surface area (Å²) < 4.78 is 6.56. The third-order valence-electron chi connectivity index (χ3n) is 7.72. The van der Waals surface area contributed by atoms with Crippen molar-refractivity contribution < 1.29 is 24.5 Å². The first-order valence-corrected chi connectivity index (χ1v) is 13.4. The van der Waals surface area contributed by atoms with Gasteiger partial charge in [0.1, 0.15) is 5.58 Å². The van der Waals surface area contributed by atoms with Crippen molar-refractivity contribution in [2.75, 3.05) is 0 Å². The van der Waals surface area contributed by atoms with Crippen molar-refractivity contribution in [2.45, 2.75) is 19.3 Å². The number of hydrogen-bond donors (Lipinski definition) is 0. The molecule has 0 atom stereocenters. The van der Waals surface area contributed by atoms with Crippen LogP contribution in [0.3, 0.4) is 0 Å². The van der Waals surface area contributed by atoms with Crippen molar-refractivity contribution >= 4 is 21.9 Å². The molecule has 3 aromatic heterocycles. The van der Waals surface area contributed by atoms with Crippen LogP contribution < -0.4 is 0 Å². The Labute approximate surface area is 253 Å². The van der Waals surface area contributed by atoms with Gasteiger partial charge in [-0.15, -0.1) is 54.1 Å². The first-order chi connectivity index (χ1) is 19.6. The zero-order valence-electron chi connectivity index (χ0n) is 22.7. The number of furan rings is 1. The van der Waals surface area contributed by atoms with Crippen LogP contribution in [-0.2, 0) is 25.5 Å². The molecule has 1 radical (unpaired) electrons. The van der Waals surface area contributed by atoms with Gasteiger partial charge >= 0.3 is 0 Å². The SMILES string of the molecule is CC1(C)c2ccccc2-c2c1ccc1c2oc2c(-c3ccccn3)[c-]ccc21.[Ir].[c-]1ccccc1-c1ccccn1. The average molecular weight is 707 g/mol. The van der Waals surface area contributed by atoms with E-state index in [2.05, 4.69) is 78.4 Å². The van der Waals surface area contributed by atoms with E-state index in [1.165, 1.54) is 22.3 Å². The van der Waals surface area contributed by atoms with Crippen LogP contribution in [0.5, 0.6) is 0 Å². The summed E-state index contributed by atoms with van der Waals surface area (Å²) in [6.07, 6.45) is 3.59. The zero-order chi connectivity index (χ0) is 27.1.